The van der Waals surface area contributed by atoms with Crippen LogP contribution in [0.2, 0.25) is 0 Å². The number of hydrogen-bond donors (Lipinski definition) is 0. The topological polar surface area (TPSA) is 46.3 Å². The van der Waals surface area contributed by atoms with Gasteiger partial charge in [-0.05, 0) is 20.1 Å². The summed E-state index contributed by atoms with van der Waals surface area (Å²) in [6, 6.07) is 1.84. The first-order valence-electron chi connectivity index (χ1n) is 4.74. The number of thioether (sulfide) groups is 1. The predicted molar refractivity (Wildman–Crippen MR) is 60.7 cm³/mol. The molecule has 1 heterocycles. The van der Waals surface area contributed by atoms with Crippen molar-refractivity contribution in [2.24, 2.45) is 0 Å². The zero-order valence-electron chi connectivity index (χ0n) is 9.48. The Bertz CT molecular complexity index is 338. The lowest BCUT2D eigenvalue weighted by molar-refractivity contribution is -0.129. The van der Waals surface area contributed by atoms with Crippen molar-refractivity contribution in [1.82, 2.24) is 10.1 Å². The van der Waals surface area contributed by atoms with Crippen molar-refractivity contribution in [1.29, 1.82) is 0 Å². The molecule has 0 saturated carbocycles. The standard InChI is InChI=1S/C10H16N2O2S/c1-7-5-9(11-14-7)6-12(3)10(13)8(2)15-4/h5,8H,6H2,1-4H3. The fourth-order valence-electron chi connectivity index (χ4n) is 1.22. The quantitative estimate of drug-likeness (QED) is 0.786. The second-order valence-electron chi connectivity index (χ2n) is 3.50. The van der Waals surface area contributed by atoms with Gasteiger partial charge in [0.05, 0.1) is 11.8 Å². The summed E-state index contributed by atoms with van der Waals surface area (Å²) in [5.41, 5.74) is 0.789. The third kappa shape index (κ3) is 3.27. The van der Waals surface area contributed by atoms with Gasteiger partial charge in [0.15, 0.2) is 0 Å². The third-order valence-electron chi connectivity index (χ3n) is 2.15. The summed E-state index contributed by atoms with van der Waals surface area (Å²) in [5, 5.41) is 3.84. The first kappa shape index (κ1) is 12.1. The van der Waals surface area contributed by atoms with Crippen molar-refractivity contribution in [3.63, 3.8) is 0 Å². The van der Waals surface area contributed by atoms with Crippen molar-refractivity contribution >= 4 is 17.7 Å². The highest BCUT2D eigenvalue weighted by atomic mass is 32.2. The number of hydrogen-bond acceptors (Lipinski definition) is 4. The highest BCUT2D eigenvalue weighted by molar-refractivity contribution is 7.99. The van der Waals surface area contributed by atoms with Crippen LogP contribution >= 0.6 is 11.8 Å². The Hall–Kier alpha value is -0.970. The summed E-state index contributed by atoms with van der Waals surface area (Å²) < 4.78 is 4.94. The average Bonchev–Trinajstić information content (AvgIpc) is 2.61. The van der Waals surface area contributed by atoms with Crippen LogP contribution in [-0.4, -0.2) is 34.5 Å². The maximum atomic E-state index is 11.7. The molecule has 0 bridgehead atoms. The summed E-state index contributed by atoms with van der Waals surface area (Å²) in [6.07, 6.45) is 1.93. The minimum Gasteiger partial charge on any atom is -0.361 e. The molecule has 1 rings (SSSR count). The first-order chi connectivity index (χ1) is 7.04. The lowest BCUT2D eigenvalue weighted by Crippen LogP contribution is -2.32. The van der Waals surface area contributed by atoms with Crippen LogP contribution in [-0.2, 0) is 11.3 Å². The van der Waals surface area contributed by atoms with Crippen LogP contribution in [0.25, 0.3) is 0 Å². The molecule has 1 aromatic rings. The van der Waals surface area contributed by atoms with Crippen molar-refractivity contribution in [3.05, 3.63) is 17.5 Å². The lowest BCUT2D eigenvalue weighted by Gasteiger charge is -2.18. The Morgan fingerprint density at radius 3 is 2.87 bits per heavy atom. The molecule has 0 saturated heterocycles. The van der Waals surface area contributed by atoms with E-state index in [4.69, 9.17) is 4.52 Å². The zero-order chi connectivity index (χ0) is 11.4. The van der Waals surface area contributed by atoms with E-state index in [1.54, 1.807) is 23.7 Å². The zero-order valence-corrected chi connectivity index (χ0v) is 10.3. The number of aromatic nitrogens is 1. The third-order valence-corrected chi connectivity index (χ3v) is 3.06. The normalized spacial score (nSPS) is 12.5. The summed E-state index contributed by atoms with van der Waals surface area (Å²) >= 11 is 1.54. The number of nitrogens with zero attached hydrogens (tertiary/aromatic N) is 2. The highest BCUT2D eigenvalue weighted by Crippen LogP contribution is 2.11. The van der Waals surface area contributed by atoms with Gasteiger partial charge >= 0.3 is 0 Å². The second-order valence-corrected chi connectivity index (χ2v) is 4.68. The lowest BCUT2D eigenvalue weighted by atomic mass is 10.3. The van der Waals surface area contributed by atoms with Crippen LogP contribution in [0.15, 0.2) is 10.6 Å². The van der Waals surface area contributed by atoms with E-state index in [0.717, 1.165) is 11.5 Å². The molecule has 15 heavy (non-hydrogen) atoms. The number of amides is 1. The van der Waals surface area contributed by atoms with Gasteiger partial charge in [0.2, 0.25) is 5.91 Å². The van der Waals surface area contributed by atoms with Crippen molar-refractivity contribution < 1.29 is 9.32 Å². The fourth-order valence-corrected chi connectivity index (χ4v) is 1.61. The van der Waals surface area contributed by atoms with Gasteiger partial charge in [0.25, 0.3) is 0 Å². The van der Waals surface area contributed by atoms with E-state index in [2.05, 4.69) is 5.16 Å². The number of carbonyl (C=O) groups is 1. The van der Waals surface area contributed by atoms with Crippen LogP contribution in [0.4, 0.5) is 0 Å². The summed E-state index contributed by atoms with van der Waals surface area (Å²) in [7, 11) is 1.78. The number of aryl methyl sites for hydroxylation is 1. The molecule has 0 fully saturated rings. The van der Waals surface area contributed by atoms with Gasteiger partial charge in [0, 0.05) is 13.1 Å². The molecule has 0 aromatic carbocycles. The Balaban J connectivity index is 2.55. The van der Waals surface area contributed by atoms with Gasteiger partial charge in [-0.1, -0.05) is 5.16 Å². The van der Waals surface area contributed by atoms with Gasteiger partial charge in [-0.2, -0.15) is 11.8 Å². The molecule has 0 N–H and O–H groups in total. The molecular formula is C10H16N2O2S. The van der Waals surface area contributed by atoms with Gasteiger partial charge in [-0.3, -0.25) is 4.79 Å². The van der Waals surface area contributed by atoms with Gasteiger partial charge in [-0.15, -0.1) is 0 Å². The second kappa shape index (κ2) is 5.21. The molecular weight excluding hydrogens is 212 g/mol. The molecule has 0 aliphatic carbocycles. The molecule has 1 atom stereocenters. The van der Waals surface area contributed by atoms with E-state index in [-0.39, 0.29) is 11.2 Å². The number of carbonyl (C=O) groups excluding carboxylic acids is 1. The summed E-state index contributed by atoms with van der Waals surface area (Å²) in [5.74, 6) is 0.881. The van der Waals surface area contributed by atoms with Crippen molar-refractivity contribution in [2.75, 3.05) is 13.3 Å². The van der Waals surface area contributed by atoms with Crippen molar-refractivity contribution in [3.8, 4) is 0 Å². The van der Waals surface area contributed by atoms with E-state index in [1.807, 2.05) is 26.2 Å². The average molecular weight is 228 g/mol. The van der Waals surface area contributed by atoms with Gasteiger partial charge < -0.3 is 9.42 Å². The molecule has 0 aliphatic heterocycles. The van der Waals surface area contributed by atoms with E-state index in [0.29, 0.717) is 6.54 Å². The monoisotopic (exact) mass is 228 g/mol. The van der Waals surface area contributed by atoms with Crippen LogP contribution < -0.4 is 0 Å². The minimum absolute atomic E-state index is 0.0111. The van der Waals surface area contributed by atoms with Crippen LogP contribution in [0.1, 0.15) is 18.4 Å². The summed E-state index contributed by atoms with van der Waals surface area (Å²) in [4.78, 5) is 13.4. The molecule has 5 heteroatoms. The molecule has 0 aliphatic rings. The predicted octanol–water partition coefficient (Wildman–Crippen LogP) is 1.69. The van der Waals surface area contributed by atoms with Crippen LogP contribution in [0, 0.1) is 6.92 Å². The SMILES string of the molecule is CSC(C)C(=O)N(C)Cc1cc(C)on1. The Morgan fingerprint density at radius 2 is 2.40 bits per heavy atom. The Kier molecular flexibility index (Phi) is 4.20. The minimum atomic E-state index is -0.0111. The van der Waals surface area contributed by atoms with Gasteiger partial charge in [0.1, 0.15) is 11.5 Å². The Labute approximate surface area is 94.0 Å². The Morgan fingerprint density at radius 1 is 1.73 bits per heavy atom. The highest BCUT2D eigenvalue weighted by Gasteiger charge is 2.17. The first-order valence-corrected chi connectivity index (χ1v) is 6.03. The number of rotatable bonds is 4. The fraction of sp³-hybridized carbons (Fsp3) is 0.600. The van der Waals surface area contributed by atoms with E-state index in [9.17, 15) is 4.79 Å². The van der Waals surface area contributed by atoms with E-state index < -0.39 is 0 Å². The summed E-state index contributed by atoms with van der Waals surface area (Å²) in [6.45, 7) is 4.24. The smallest absolute Gasteiger partial charge is 0.235 e. The van der Waals surface area contributed by atoms with Crippen LogP contribution in [0.5, 0.6) is 0 Å². The maximum Gasteiger partial charge on any atom is 0.235 e. The van der Waals surface area contributed by atoms with Crippen LogP contribution in [0.3, 0.4) is 0 Å². The molecule has 84 valence electrons. The van der Waals surface area contributed by atoms with Crippen molar-refractivity contribution in [2.45, 2.75) is 25.6 Å². The molecule has 1 aromatic heterocycles. The molecule has 1 unspecified atom stereocenters. The molecule has 4 nitrogen and oxygen atoms in total. The largest absolute Gasteiger partial charge is 0.361 e. The molecule has 1 amide bonds. The molecule has 0 radical (unpaired) electrons. The molecule has 0 spiro atoms. The maximum absolute atomic E-state index is 11.7. The van der Waals surface area contributed by atoms with E-state index in [1.165, 1.54) is 0 Å². The van der Waals surface area contributed by atoms with Gasteiger partial charge in [-0.25, -0.2) is 0 Å². The van der Waals surface area contributed by atoms with E-state index >= 15 is 0 Å².